The molecular formula is C16H20FN3OS. The van der Waals surface area contributed by atoms with Gasteiger partial charge in [-0.2, -0.15) is 0 Å². The number of benzene rings is 1. The second-order valence-corrected chi connectivity index (χ2v) is 7.99. The Morgan fingerprint density at radius 3 is 2.36 bits per heavy atom. The summed E-state index contributed by atoms with van der Waals surface area (Å²) in [6.45, 7) is 5.66. The number of aromatic nitrogens is 1. The molecular weight excluding hydrogens is 301 g/mol. The van der Waals surface area contributed by atoms with E-state index in [0.717, 1.165) is 11.1 Å². The fraction of sp³-hybridized carbons (Fsp3) is 0.312. The molecule has 0 aliphatic carbocycles. The minimum absolute atomic E-state index is 0.0693. The lowest BCUT2D eigenvalue weighted by Gasteiger charge is -2.28. The highest BCUT2D eigenvalue weighted by atomic mass is 32.2. The Morgan fingerprint density at radius 1 is 1.18 bits per heavy atom. The lowest BCUT2D eigenvalue weighted by molar-refractivity contribution is 0.535. The van der Waals surface area contributed by atoms with Gasteiger partial charge in [-0.05, 0) is 56.2 Å². The van der Waals surface area contributed by atoms with Crippen LogP contribution in [-0.4, -0.2) is 14.3 Å². The third-order valence-electron chi connectivity index (χ3n) is 3.17. The average molecular weight is 321 g/mol. The monoisotopic (exact) mass is 321 g/mol. The molecule has 0 radical (unpaired) electrons. The highest BCUT2D eigenvalue weighted by Crippen LogP contribution is 2.27. The first-order valence-electron chi connectivity index (χ1n) is 6.92. The number of halogens is 1. The molecule has 0 aliphatic rings. The molecule has 3 N–H and O–H groups in total. The Hall–Kier alpha value is -1.63. The van der Waals surface area contributed by atoms with Gasteiger partial charge in [-0.1, -0.05) is 6.07 Å². The molecule has 0 aliphatic heterocycles. The summed E-state index contributed by atoms with van der Waals surface area (Å²) in [5, 5.41) is 0. The molecule has 22 heavy (non-hydrogen) atoms. The summed E-state index contributed by atoms with van der Waals surface area (Å²) < 4.78 is 28.5. The Labute approximate surface area is 133 Å². The van der Waals surface area contributed by atoms with Crippen LogP contribution < -0.4 is 10.5 Å². The highest BCUT2D eigenvalue weighted by Gasteiger charge is 2.30. The van der Waals surface area contributed by atoms with Crippen molar-refractivity contribution < 1.29 is 8.94 Å². The number of hydrogen-bond donors (Lipinski definition) is 2. The van der Waals surface area contributed by atoms with Crippen molar-refractivity contribution >= 4 is 17.0 Å². The Bertz CT molecular complexity index is 631. The number of pyridine rings is 1. The van der Waals surface area contributed by atoms with E-state index in [1.54, 1.807) is 24.5 Å². The van der Waals surface area contributed by atoms with Crippen LogP contribution in [0.15, 0.2) is 42.7 Å². The van der Waals surface area contributed by atoms with Crippen molar-refractivity contribution in [3.63, 3.8) is 0 Å². The Kier molecular flexibility index (Phi) is 5.05. The lowest BCUT2D eigenvalue weighted by atomic mass is 10.00. The van der Waals surface area contributed by atoms with Crippen LogP contribution in [-0.2, 0) is 11.4 Å². The highest BCUT2D eigenvalue weighted by molar-refractivity contribution is 7.90. The average Bonchev–Trinajstić information content (AvgIpc) is 2.47. The molecule has 0 spiro atoms. The van der Waals surface area contributed by atoms with Gasteiger partial charge in [0.1, 0.15) is 16.6 Å². The Morgan fingerprint density at radius 2 is 1.82 bits per heavy atom. The first-order valence-corrected chi connectivity index (χ1v) is 8.07. The van der Waals surface area contributed by atoms with Crippen molar-refractivity contribution in [2.45, 2.75) is 31.6 Å². The van der Waals surface area contributed by atoms with E-state index in [9.17, 15) is 8.94 Å². The van der Waals surface area contributed by atoms with Crippen LogP contribution in [0, 0.1) is 5.82 Å². The number of hydrogen-bond acceptors (Lipinski definition) is 4. The van der Waals surface area contributed by atoms with Crippen molar-refractivity contribution in [3.05, 3.63) is 59.7 Å². The maximum atomic E-state index is 13.4. The largest absolute Gasteiger partial charge is 0.598 e. The predicted octanol–water partition coefficient (Wildman–Crippen LogP) is 2.94. The van der Waals surface area contributed by atoms with Gasteiger partial charge in [0, 0.05) is 23.8 Å². The normalized spacial score (nSPS) is 14.6. The molecule has 2 atom stereocenters. The third-order valence-corrected chi connectivity index (χ3v) is 4.74. The first-order chi connectivity index (χ1) is 10.3. The van der Waals surface area contributed by atoms with Crippen molar-refractivity contribution in [3.8, 4) is 0 Å². The molecule has 4 nitrogen and oxygen atoms in total. The second-order valence-electron chi connectivity index (χ2n) is 5.99. The molecule has 2 rings (SSSR count). The van der Waals surface area contributed by atoms with Crippen molar-refractivity contribution in [1.29, 1.82) is 0 Å². The van der Waals surface area contributed by atoms with Crippen LogP contribution in [0.2, 0.25) is 0 Å². The molecule has 0 saturated carbocycles. The van der Waals surface area contributed by atoms with E-state index in [0.29, 0.717) is 0 Å². The summed E-state index contributed by atoms with van der Waals surface area (Å²) in [4.78, 5) is 3.99. The van der Waals surface area contributed by atoms with Crippen LogP contribution in [0.3, 0.4) is 0 Å². The van der Waals surface area contributed by atoms with Crippen LogP contribution in [0.5, 0.6) is 0 Å². The maximum Gasteiger partial charge on any atom is 0.146 e. The fourth-order valence-electron chi connectivity index (χ4n) is 1.91. The standard InChI is InChI=1S/C16H20FN3OS/c1-16(2,3)22(21)20-15(11-6-8-19-9-7-11)12-4-5-13(17)14(18)10-12/h4-10,15,20H,18H2,1-3H3/t15?,22-/m1/s1. The summed E-state index contributed by atoms with van der Waals surface area (Å²) in [5.74, 6) is -0.464. The van der Waals surface area contributed by atoms with E-state index in [2.05, 4.69) is 9.71 Å². The minimum Gasteiger partial charge on any atom is -0.598 e. The maximum absolute atomic E-state index is 13.4. The van der Waals surface area contributed by atoms with Gasteiger partial charge in [0.15, 0.2) is 0 Å². The molecule has 2 aromatic rings. The Balaban J connectivity index is 2.39. The number of nitrogen functional groups attached to an aromatic ring is 1. The number of anilines is 1. The van der Waals surface area contributed by atoms with Gasteiger partial charge in [0.05, 0.1) is 5.69 Å². The number of nitrogens with one attached hydrogen (secondary N) is 1. The first kappa shape index (κ1) is 16.7. The van der Waals surface area contributed by atoms with Gasteiger partial charge in [-0.25, -0.2) is 4.39 Å². The molecule has 6 heteroatoms. The quantitative estimate of drug-likeness (QED) is 0.671. The second kappa shape index (κ2) is 6.64. The van der Waals surface area contributed by atoms with E-state index in [1.165, 1.54) is 6.07 Å². The van der Waals surface area contributed by atoms with E-state index in [4.69, 9.17) is 5.73 Å². The minimum atomic E-state index is -1.29. The summed E-state index contributed by atoms with van der Waals surface area (Å²) in [7, 11) is 0. The summed E-state index contributed by atoms with van der Waals surface area (Å²) >= 11 is -1.29. The smallest absolute Gasteiger partial charge is 0.146 e. The lowest BCUT2D eigenvalue weighted by Crippen LogP contribution is -2.41. The van der Waals surface area contributed by atoms with E-state index < -0.39 is 21.9 Å². The van der Waals surface area contributed by atoms with Gasteiger partial charge in [0.2, 0.25) is 0 Å². The van der Waals surface area contributed by atoms with E-state index in [1.807, 2.05) is 32.9 Å². The van der Waals surface area contributed by atoms with Gasteiger partial charge in [-0.15, -0.1) is 4.72 Å². The molecule has 0 saturated heterocycles. The van der Waals surface area contributed by atoms with Crippen LogP contribution in [0.25, 0.3) is 0 Å². The number of rotatable bonds is 4. The molecule has 1 aromatic carbocycles. The summed E-state index contributed by atoms with van der Waals surface area (Å²) in [6, 6.07) is 7.83. The molecule has 1 aromatic heterocycles. The predicted molar refractivity (Wildman–Crippen MR) is 87.9 cm³/mol. The third kappa shape index (κ3) is 3.97. The van der Waals surface area contributed by atoms with Gasteiger partial charge in [-0.3, -0.25) is 4.98 Å². The topological polar surface area (TPSA) is 74.0 Å². The van der Waals surface area contributed by atoms with Crippen molar-refractivity contribution in [2.24, 2.45) is 0 Å². The van der Waals surface area contributed by atoms with Gasteiger partial charge >= 0.3 is 0 Å². The van der Waals surface area contributed by atoms with Crippen molar-refractivity contribution in [1.82, 2.24) is 9.71 Å². The van der Waals surface area contributed by atoms with Crippen LogP contribution in [0.4, 0.5) is 10.1 Å². The fourth-order valence-corrected chi connectivity index (χ4v) is 2.75. The molecule has 1 unspecified atom stereocenters. The SMILES string of the molecule is CC(C)(C)[S@@+]([O-])NC(c1ccncc1)c1ccc(F)c(N)c1. The van der Waals surface area contributed by atoms with Crippen LogP contribution >= 0.6 is 0 Å². The van der Waals surface area contributed by atoms with Gasteiger partial charge < -0.3 is 10.3 Å². The zero-order chi connectivity index (χ0) is 16.3. The van der Waals surface area contributed by atoms with E-state index in [-0.39, 0.29) is 11.7 Å². The number of nitrogens with two attached hydrogens (primary N) is 1. The van der Waals surface area contributed by atoms with Crippen LogP contribution in [0.1, 0.15) is 37.9 Å². The number of nitrogens with zero attached hydrogens (tertiary/aromatic N) is 1. The summed E-state index contributed by atoms with van der Waals surface area (Å²) in [5.41, 5.74) is 7.37. The zero-order valence-electron chi connectivity index (χ0n) is 12.8. The van der Waals surface area contributed by atoms with Gasteiger partial charge in [0.25, 0.3) is 0 Å². The molecule has 1 heterocycles. The summed E-state index contributed by atoms with van der Waals surface area (Å²) in [6.07, 6.45) is 3.33. The molecule has 0 bridgehead atoms. The van der Waals surface area contributed by atoms with Crippen molar-refractivity contribution in [2.75, 3.05) is 5.73 Å². The zero-order valence-corrected chi connectivity index (χ0v) is 13.7. The molecule has 0 amide bonds. The molecule has 0 fully saturated rings. The molecule has 118 valence electrons. The van der Waals surface area contributed by atoms with E-state index >= 15 is 0 Å².